The van der Waals surface area contributed by atoms with Crippen LogP contribution >= 0.6 is 0 Å². The summed E-state index contributed by atoms with van der Waals surface area (Å²) in [5.74, 6) is 0.285. The van der Waals surface area contributed by atoms with Crippen LogP contribution in [-0.2, 0) is 16.1 Å². The van der Waals surface area contributed by atoms with Gasteiger partial charge in [0.2, 0.25) is 11.8 Å². The van der Waals surface area contributed by atoms with Gasteiger partial charge in [-0.1, -0.05) is 31.0 Å². The molecule has 1 aromatic carbocycles. The zero-order valence-electron chi connectivity index (χ0n) is 15.3. The van der Waals surface area contributed by atoms with Gasteiger partial charge in [-0.05, 0) is 18.9 Å². The van der Waals surface area contributed by atoms with Crippen LogP contribution in [0.1, 0.15) is 25.7 Å². The molecule has 0 N–H and O–H groups in total. The van der Waals surface area contributed by atoms with Crippen LogP contribution in [0.25, 0.3) is 10.8 Å². The van der Waals surface area contributed by atoms with E-state index in [1.807, 2.05) is 17.0 Å². The zero-order chi connectivity index (χ0) is 18.8. The lowest BCUT2D eigenvalue weighted by atomic mass is 10.1. The van der Waals surface area contributed by atoms with Crippen molar-refractivity contribution in [1.82, 2.24) is 19.6 Å². The van der Waals surface area contributed by atoms with Gasteiger partial charge in [0, 0.05) is 37.5 Å². The van der Waals surface area contributed by atoms with Gasteiger partial charge in [0.1, 0.15) is 6.54 Å². The lowest BCUT2D eigenvalue weighted by Crippen LogP contribution is -2.52. The number of hydrogen-bond acceptors (Lipinski definition) is 4. The SMILES string of the molecule is O=C(Cn1ncc2ccccc2c1=O)N1CCN(C(=O)C2CCCC2)CC1. The highest BCUT2D eigenvalue weighted by atomic mass is 16.2. The number of carbonyl (C=O) groups is 2. The van der Waals surface area contributed by atoms with E-state index in [0.29, 0.717) is 31.6 Å². The van der Waals surface area contributed by atoms with Crippen molar-refractivity contribution in [3.05, 3.63) is 40.8 Å². The molecule has 2 heterocycles. The predicted molar refractivity (Wildman–Crippen MR) is 101 cm³/mol. The summed E-state index contributed by atoms with van der Waals surface area (Å²) in [7, 11) is 0. The summed E-state index contributed by atoms with van der Waals surface area (Å²) in [6.45, 7) is 2.10. The fourth-order valence-corrected chi connectivity index (χ4v) is 4.08. The molecule has 1 saturated heterocycles. The first kappa shape index (κ1) is 17.7. The highest BCUT2D eigenvalue weighted by Gasteiger charge is 2.30. The largest absolute Gasteiger partial charge is 0.339 e. The summed E-state index contributed by atoms with van der Waals surface area (Å²) in [4.78, 5) is 41.2. The van der Waals surface area contributed by atoms with E-state index in [1.54, 1.807) is 23.2 Å². The van der Waals surface area contributed by atoms with Crippen LogP contribution in [0, 0.1) is 5.92 Å². The molecule has 2 amide bonds. The molecule has 2 aliphatic rings. The maximum atomic E-state index is 12.6. The summed E-state index contributed by atoms with van der Waals surface area (Å²) in [5.41, 5.74) is -0.253. The van der Waals surface area contributed by atoms with Crippen molar-refractivity contribution in [2.45, 2.75) is 32.2 Å². The normalized spacial score (nSPS) is 18.2. The number of benzene rings is 1. The van der Waals surface area contributed by atoms with Crippen molar-refractivity contribution in [1.29, 1.82) is 0 Å². The monoisotopic (exact) mass is 368 g/mol. The molecule has 1 aliphatic heterocycles. The number of hydrogen-bond donors (Lipinski definition) is 0. The van der Waals surface area contributed by atoms with Crippen molar-refractivity contribution in [2.24, 2.45) is 5.92 Å². The van der Waals surface area contributed by atoms with Crippen molar-refractivity contribution in [2.75, 3.05) is 26.2 Å². The Hall–Kier alpha value is -2.70. The number of nitrogens with zero attached hydrogens (tertiary/aromatic N) is 4. The topological polar surface area (TPSA) is 75.5 Å². The first-order chi connectivity index (χ1) is 13.1. The molecule has 1 aromatic heterocycles. The van der Waals surface area contributed by atoms with Gasteiger partial charge in [-0.3, -0.25) is 14.4 Å². The minimum absolute atomic E-state index is 0.0692. The van der Waals surface area contributed by atoms with Crippen molar-refractivity contribution in [3.8, 4) is 0 Å². The summed E-state index contributed by atoms with van der Waals surface area (Å²) < 4.78 is 1.22. The Kier molecular flexibility index (Phi) is 4.92. The second-order valence-corrected chi connectivity index (χ2v) is 7.38. The third-order valence-corrected chi connectivity index (χ3v) is 5.70. The molecule has 0 spiro atoms. The van der Waals surface area contributed by atoms with Crippen molar-refractivity contribution in [3.63, 3.8) is 0 Å². The average molecular weight is 368 g/mol. The molecular formula is C20H24N4O3. The van der Waals surface area contributed by atoms with Gasteiger partial charge < -0.3 is 9.80 Å². The Labute approximate surface area is 157 Å². The van der Waals surface area contributed by atoms with Gasteiger partial charge in [-0.15, -0.1) is 0 Å². The molecule has 1 saturated carbocycles. The van der Waals surface area contributed by atoms with Crippen LogP contribution < -0.4 is 5.56 Å². The molecule has 0 bridgehead atoms. The predicted octanol–water partition coefficient (Wildman–Crippen LogP) is 1.26. The molecular weight excluding hydrogens is 344 g/mol. The van der Waals surface area contributed by atoms with E-state index in [-0.39, 0.29) is 29.8 Å². The van der Waals surface area contributed by atoms with Crippen molar-refractivity contribution >= 4 is 22.6 Å². The molecule has 7 heteroatoms. The highest BCUT2D eigenvalue weighted by molar-refractivity contribution is 5.82. The lowest BCUT2D eigenvalue weighted by molar-refractivity contribution is -0.142. The quantitative estimate of drug-likeness (QED) is 0.817. The maximum absolute atomic E-state index is 12.6. The molecule has 0 radical (unpaired) electrons. The second kappa shape index (κ2) is 7.50. The van der Waals surface area contributed by atoms with Crippen molar-refractivity contribution < 1.29 is 9.59 Å². The maximum Gasteiger partial charge on any atom is 0.275 e. The molecule has 7 nitrogen and oxygen atoms in total. The number of rotatable bonds is 3. The van der Waals surface area contributed by atoms with Crippen LogP contribution in [0.4, 0.5) is 0 Å². The number of aromatic nitrogens is 2. The van der Waals surface area contributed by atoms with Gasteiger partial charge in [0.05, 0.1) is 11.6 Å². The Morgan fingerprint density at radius 3 is 2.41 bits per heavy atom. The van der Waals surface area contributed by atoms with E-state index in [4.69, 9.17) is 0 Å². The molecule has 4 rings (SSSR count). The van der Waals surface area contributed by atoms with Gasteiger partial charge in [-0.25, -0.2) is 4.68 Å². The summed E-state index contributed by atoms with van der Waals surface area (Å²) in [5, 5.41) is 5.46. The Morgan fingerprint density at radius 1 is 1.00 bits per heavy atom. The van der Waals surface area contributed by atoms with Crippen LogP contribution in [0.15, 0.2) is 35.3 Å². The molecule has 0 unspecified atom stereocenters. The Morgan fingerprint density at radius 2 is 1.67 bits per heavy atom. The molecule has 142 valence electrons. The van der Waals surface area contributed by atoms with E-state index in [2.05, 4.69) is 5.10 Å². The Bertz CT molecular complexity index is 909. The van der Waals surface area contributed by atoms with Gasteiger partial charge >= 0.3 is 0 Å². The van der Waals surface area contributed by atoms with Crippen LogP contribution in [0.5, 0.6) is 0 Å². The van der Waals surface area contributed by atoms with Gasteiger partial charge in [0.25, 0.3) is 5.56 Å². The molecule has 0 atom stereocenters. The van der Waals surface area contributed by atoms with E-state index in [0.717, 1.165) is 31.1 Å². The third-order valence-electron chi connectivity index (χ3n) is 5.70. The second-order valence-electron chi connectivity index (χ2n) is 7.38. The van der Waals surface area contributed by atoms with E-state index < -0.39 is 0 Å². The first-order valence-electron chi connectivity index (χ1n) is 9.65. The third kappa shape index (κ3) is 3.59. The van der Waals surface area contributed by atoms with Crippen LogP contribution in [-0.4, -0.2) is 57.6 Å². The summed E-state index contributed by atoms with van der Waals surface area (Å²) in [6.07, 6.45) is 5.88. The Balaban J connectivity index is 1.38. The summed E-state index contributed by atoms with van der Waals surface area (Å²) in [6, 6.07) is 7.23. The van der Waals surface area contributed by atoms with E-state index in [9.17, 15) is 14.4 Å². The zero-order valence-corrected chi connectivity index (χ0v) is 15.3. The first-order valence-corrected chi connectivity index (χ1v) is 9.65. The van der Waals surface area contributed by atoms with Gasteiger partial charge in [0.15, 0.2) is 0 Å². The molecule has 1 aliphatic carbocycles. The number of carbonyl (C=O) groups excluding carboxylic acids is 2. The standard InChI is InChI=1S/C20H24N4O3/c25-18(14-24-20(27)17-8-4-3-7-16(17)13-21-24)22-9-11-23(12-10-22)19(26)15-5-1-2-6-15/h3-4,7-8,13,15H,1-2,5-6,9-12,14H2. The minimum atomic E-state index is -0.253. The number of amides is 2. The highest BCUT2D eigenvalue weighted by Crippen LogP contribution is 2.26. The average Bonchev–Trinajstić information content (AvgIpc) is 3.25. The number of piperazine rings is 1. The molecule has 27 heavy (non-hydrogen) atoms. The molecule has 2 fully saturated rings. The lowest BCUT2D eigenvalue weighted by Gasteiger charge is -2.36. The smallest absolute Gasteiger partial charge is 0.275 e. The van der Waals surface area contributed by atoms with Crippen LogP contribution in [0.2, 0.25) is 0 Å². The van der Waals surface area contributed by atoms with Crippen LogP contribution in [0.3, 0.4) is 0 Å². The number of fused-ring (bicyclic) bond motifs is 1. The van der Waals surface area contributed by atoms with Gasteiger partial charge in [-0.2, -0.15) is 5.10 Å². The van der Waals surface area contributed by atoms with E-state index >= 15 is 0 Å². The fraction of sp³-hybridized carbons (Fsp3) is 0.500. The summed E-state index contributed by atoms with van der Waals surface area (Å²) >= 11 is 0. The molecule has 2 aromatic rings. The minimum Gasteiger partial charge on any atom is -0.339 e. The van der Waals surface area contributed by atoms with E-state index in [1.165, 1.54) is 4.68 Å². The fourth-order valence-electron chi connectivity index (χ4n) is 4.08.